The molecule has 3 heterocycles. The van der Waals surface area contributed by atoms with Crippen LogP contribution >= 0.6 is 0 Å². The van der Waals surface area contributed by atoms with Gasteiger partial charge >= 0.3 is 5.97 Å². The van der Waals surface area contributed by atoms with Gasteiger partial charge in [0, 0.05) is 50.4 Å². The van der Waals surface area contributed by atoms with Crippen LogP contribution in [0.2, 0.25) is 0 Å². The summed E-state index contributed by atoms with van der Waals surface area (Å²) in [5.74, 6) is -2.01. The lowest BCUT2D eigenvalue weighted by Gasteiger charge is -2.47. The van der Waals surface area contributed by atoms with Gasteiger partial charge in [-0.05, 0) is 73.4 Å². The van der Waals surface area contributed by atoms with E-state index in [0.717, 1.165) is 19.4 Å². The first-order valence-corrected chi connectivity index (χ1v) is 18.7. The average Bonchev–Trinajstić information content (AvgIpc) is 3.11. The molecule has 0 spiro atoms. The number of rotatable bonds is 9. The van der Waals surface area contributed by atoms with Gasteiger partial charge in [0.2, 0.25) is 0 Å². The Hall–Kier alpha value is -2.15. The Kier molecular flexibility index (Phi) is 15.9. The van der Waals surface area contributed by atoms with Crippen LogP contribution in [0.1, 0.15) is 93.9 Å². The normalized spacial score (nSPS) is 43.0. The molecule has 13 heteroatoms. The van der Waals surface area contributed by atoms with Crippen LogP contribution in [0.15, 0.2) is 5.16 Å². The highest BCUT2D eigenvalue weighted by atomic mass is 16.7. The van der Waals surface area contributed by atoms with E-state index in [1.807, 2.05) is 32.7 Å². The minimum absolute atomic E-state index is 0.177. The number of nitrogens with zero attached hydrogens (tertiary/aromatic N) is 2. The summed E-state index contributed by atoms with van der Waals surface area (Å²) in [6, 6.07) is -0.329. The lowest BCUT2D eigenvalue weighted by atomic mass is 9.74. The number of piperidine rings is 1. The third-order valence-electron chi connectivity index (χ3n) is 11.4. The fourth-order valence-electron chi connectivity index (χ4n) is 7.99. The van der Waals surface area contributed by atoms with Crippen molar-refractivity contribution in [1.82, 2.24) is 10.2 Å². The number of nitrogens with one attached hydrogen (secondary N) is 1. The second kappa shape index (κ2) is 18.7. The number of ether oxygens (including phenoxy) is 4. The van der Waals surface area contributed by atoms with Gasteiger partial charge < -0.3 is 44.4 Å². The Bertz CT molecular complexity index is 1220. The number of aliphatic hydroxyl groups is 3. The highest BCUT2D eigenvalue weighted by Gasteiger charge is 2.51. The number of terminal acetylenes is 1. The van der Waals surface area contributed by atoms with Gasteiger partial charge in [-0.3, -0.25) is 14.5 Å². The van der Waals surface area contributed by atoms with Crippen molar-refractivity contribution < 1.29 is 48.7 Å². The van der Waals surface area contributed by atoms with Gasteiger partial charge in [-0.2, -0.15) is 0 Å². The fraction of sp³-hybridized carbons (Fsp3) is 0.868. The van der Waals surface area contributed by atoms with Gasteiger partial charge in [0.1, 0.15) is 29.8 Å². The molecule has 0 bridgehead atoms. The van der Waals surface area contributed by atoms with Gasteiger partial charge in [0.25, 0.3) is 0 Å². The van der Waals surface area contributed by atoms with Crippen molar-refractivity contribution in [3.05, 3.63) is 0 Å². The number of carbonyl (C=O) groups is 2. The fourth-order valence-corrected chi connectivity index (χ4v) is 7.99. The minimum Gasteiger partial charge on any atom is -0.459 e. The first kappa shape index (κ1) is 43.3. The Balaban J connectivity index is 2.12. The van der Waals surface area contributed by atoms with Crippen molar-refractivity contribution in [2.75, 3.05) is 33.8 Å². The zero-order chi connectivity index (χ0) is 38.3. The quantitative estimate of drug-likeness (QED) is 0.119. The Morgan fingerprint density at radius 3 is 2.41 bits per heavy atom. The van der Waals surface area contributed by atoms with Crippen LogP contribution in [0.5, 0.6) is 0 Å². The molecule has 0 aromatic carbocycles. The SMILES string of the molecule is C#CCCN(C)[C@H]1C[C@@H](C)OC(O[C@@H]2[C@@H](C)C(=O)[C@@H](C)C(=O)O[C@H](CC)[C@@](C)(O)[C@H](O)[C@@H](C)/C(=N/O[C@@H]3CCCNC3)[C@H](C)C[C@@]2(C)OC)[C@@H]1O. The number of hydrogen-bond donors (Lipinski definition) is 4. The third-order valence-corrected chi connectivity index (χ3v) is 11.4. The predicted octanol–water partition coefficient (Wildman–Crippen LogP) is 2.67. The molecular formula is C38H65N3O10. The molecule has 3 aliphatic rings. The van der Waals surface area contributed by atoms with Crippen molar-refractivity contribution in [2.24, 2.45) is 28.8 Å². The van der Waals surface area contributed by atoms with Crippen LogP contribution < -0.4 is 5.32 Å². The van der Waals surface area contributed by atoms with Crippen molar-refractivity contribution >= 4 is 17.5 Å². The maximum absolute atomic E-state index is 14.2. The van der Waals surface area contributed by atoms with Gasteiger partial charge in [-0.25, -0.2) is 0 Å². The van der Waals surface area contributed by atoms with Gasteiger partial charge in [0.05, 0.1) is 29.6 Å². The zero-order valence-electron chi connectivity index (χ0n) is 32.5. The summed E-state index contributed by atoms with van der Waals surface area (Å²) in [5.41, 5.74) is -2.64. The Morgan fingerprint density at radius 2 is 1.82 bits per heavy atom. The number of ketones is 1. The number of esters is 1. The lowest BCUT2D eigenvalue weighted by Crippen LogP contribution is -2.60. The number of carbonyl (C=O) groups excluding carboxylic acids is 2. The Labute approximate surface area is 305 Å². The highest BCUT2D eigenvalue weighted by molar-refractivity contribution is 6.00. The van der Waals surface area contributed by atoms with Crippen LogP contribution in [-0.2, 0) is 33.4 Å². The van der Waals surface area contributed by atoms with Gasteiger partial charge in [-0.15, -0.1) is 12.3 Å². The first-order valence-electron chi connectivity index (χ1n) is 18.7. The summed E-state index contributed by atoms with van der Waals surface area (Å²) in [6.07, 6.45) is 2.48. The molecule has 0 aliphatic carbocycles. The van der Waals surface area contributed by atoms with Crippen LogP contribution in [0.3, 0.4) is 0 Å². The summed E-state index contributed by atoms with van der Waals surface area (Å²) in [4.78, 5) is 35.8. The smallest absolute Gasteiger partial charge is 0.316 e. The molecule has 3 rings (SSSR count). The number of Topliss-reactive ketones (excluding diaryl/α,β-unsaturated/α-hetero) is 1. The van der Waals surface area contributed by atoms with E-state index < -0.39 is 77.3 Å². The largest absolute Gasteiger partial charge is 0.459 e. The van der Waals surface area contributed by atoms with E-state index in [2.05, 4.69) is 16.4 Å². The topological polar surface area (TPSA) is 169 Å². The molecule has 1 unspecified atom stereocenters. The summed E-state index contributed by atoms with van der Waals surface area (Å²) < 4.78 is 24.9. The van der Waals surface area contributed by atoms with E-state index in [9.17, 15) is 24.9 Å². The molecule has 0 aromatic heterocycles. The van der Waals surface area contributed by atoms with Crippen LogP contribution in [-0.4, -0.2) is 132 Å². The highest BCUT2D eigenvalue weighted by Crippen LogP contribution is 2.39. The Morgan fingerprint density at radius 1 is 1.14 bits per heavy atom. The molecular weight excluding hydrogens is 658 g/mol. The molecule has 0 aromatic rings. The van der Waals surface area contributed by atoms with Crippen LogP contribution in [0.25, 0.3) is 0 Å². The molecule has 0 amide bonds. The number of aliphatic hydroxyl groups excluding tert-OH is 2. The molecule has 3 aliphatic heterocycles. The summed E-state index contributed by atoms with van der Waals surface area (Å²) in [6.45, 7) is 15.8. The van der Waals surface area contributed by atoms with E-state index in [1.165, 1.54) is 21.0 Å². The van der Waals surface area contributed by atoms with Crippen molar-refractivity contribution in [3.8, 4) is 12.3 Å². The molecule has 14 atom stereocenters. The lowest BCUT2D eigenvalue weighted by molar-refractivity contribution is -0.295. The molecule has 0 saturated carbocycles. The number of likely N-dealkylation sites (N-methyl/N-ethyl adjacent to an activating group) is 1. The average molecular weight is 724 g/mol. The molecule has 51 heavy (non-hydrogen) atoms. The van der Waals surface area contributed by atoms with E-state index in [4.69, 9.17) is 30.2 Å². The second-order valence-corrected chi connectivity index (χ2v) is 15.5. The minimum atomic E-state index is -1.89. The first-order chi connectivity index (χ1) is 23.9. The van der Waals surface area contributed by atoms with Gasteiger partial charge in [-0.1, -0.05) is 32.9 Å². The second-order valence-electron chi connectivity index (χ2n) is 15.5. The van der Waals surface area contributed by atoms with E-state index in [1.54, 1.807) is 20.8 Å². The van der Waals surface area contributed by atoms with Crippen molar-refractivity contribution in [3.63, 3.8) is 0 Å². The number of oxime groups is 1. The summed E-state index contributed by atoms with van der Waals surface area (Å²) >= 11 is 0. The summed E-state index contributed by atoms with van der Waals surface area (Å²) in [7, 11) is 3.42. The summed E-state index contributed by atoms with van der Waals surface area (Å²) in [5, 5.41) is 43.1. The number of methoxy groups -OCH3 is 1. The predicted molar refractivity (Wildman–Crippen MR) is 193 cm³/mol. The maximum atomic E-state index is 14.2. The third kappa shape index (κ3) is 10.3. The number of cyclic esters (lactones) is 1. The van der Waals surface area contributed by atoms with Gasteiger partial charge in [0.15, 0.2) is 12.1 Å². The van der Waals surface area contributed by atoms with Crippen molar-refractivity contribution in [1.29, 1.82) is 0 Å². The molecule has 0 radical (unpaired) electrons. The van der Waals surface area contributed by atoms with Crippen LogP contribution in [0.4, 0.5) is 0 Å². The van der Waals surface area contributed by atoms with Crippen molar-refractivity contribution in [2.45, 2.75) is 154 Å². The van der Waals surface area contributed by atoms with E-state index in [-0.39, 0.29) is 31.1 Å². The van der Waals surface area contributed by atoms with Crippen LogP contribution in [0, 0.1) is 36.0 Å². The van der Waals surface area contributed by atoms with E-state index in [0.29, 0.717) is 31.6 Å². The molecule has 4 N–H and O–H groups in total. The maximum Gasteiger partial charge on any atom is 0.316 e. The molecule has 13 nitrogen and oxygen atoms in total. The standard InChI is InChI=1S/C38H65N3O10/c1-12-14-18-41(10)28-19-23(4)48-36(32(28)43)50-34-25(6)31(42)26(7)35(45)49-29(13-2)38(9,46)33(44)24(5)30(22(3)20-37(34,8)47-11)40-51-27-16-15-17-39-21-27/h1,22-29,32-34,36,39,43-44,46H,13-21H2,2-11H3/b40-30+/t22-,23-,24+,25+,26-,27-,28+,29-,32-,33-,34-,36?,37-,38-/m1/s1. The molecule has 292 valence electrons. The monoisotopic (exact) mass is 723 g/mol. The molecule has 3 fully saturated rings. The zero-order valence-corrected chi connectivity index (χ0v) is 32.5. The number of hydrogen-bond acceptors (Lipinski definition) is 13. The van der Waals surface area contributed by atoms with E-state index >= 15 is 0 Å². The molecule has 3 saturated heterocycles.